The van der Waals surface area contributed by atoms with Crippen LogP contribution in [0.5, 0.6) is 17.2 Å². The molecule has 34 heavy (non-hydrogen) atoms. The van der Waals surface area contributed by atoms with E-state index in [4.69, 9.17) is 21.1 Å². The number of ether oxygens (including phenoxy) is 2. The summed E-state index contributed by atoms with van der Waals surface area (Å²) in [6.07, 6.45) is 0.610. The van der Waals surface area contributed by atoms with Crippen LogP contribution in [0.1, 0.15) is 30.5 Å². The Labute approximate surface area is 203 Å². The fourth-order valence-corrected chi connectivity index (χ4v) is 4.19. The number of likely N-dealkylation sites (tertiary alicyclic amines) is 1. The molecule has 1 fully saturated rings. The number of phenolic OH excluding ortho intramolecular Hbond substituents is 1. The van der Waals surface area contributed by atoms with Crippen LogP contribution in [0.15, 0.2) is 42.0 Å². The topological polar surface area (TPSA) is 99.5 Å². The van der Waals surface area contributed by atoms with E-state index in [-0.39, 0.29) is 34.2 Å². The predicted octanol–water partition coefficient (Wildman–Crippen LogP) is 3.83. The number of carbonyl (C=O) groups is 2. The molecule has 2 N–H and O–H groups in total. The molecule has 2 aromatic carbocycles. The number of aliphatic hydroxyl groups excluding tert-OH is 1. The first-order valence-electron chi connectivity index (χ1n) is 10.9. The van der Waals surface area contributed by atoms with Crippen molar-refractivity contribution in [1.82, 2.24) is 9.80 Å². The van der Waals surface area contributed by atoms with E-state index in [0.29, 0.717) is 30.9 Å². The Hall–Kier alpha value is -3.23. The number of hydrogen-bond donors (Lipinski definition) is 2. The van der Waals surface area contributed by atoms with E-state index in [9.17, 15) is 19.8 Å². The fourth-order valence-electron chi connectivity index (χ4n) is 3.98. The second kappa shape index (κ2) is 10.8. The van der Waals surface area contributed by atoms with Gasteiger partial charge in [0.05, 0.1) is 30.4 Å². The van der Waals surface area contributed by atoms with Crippen molar-refractivity contribution >= 4 is 29.1 Å². The van der Waals surface area contributed by atoms with Crippen molar-refractivity contribution in [3.05, 3.63) is 58.1 Å². The van der Waals surface area contributed by atoms with Gasteiger partial charge in [0.1, 0.15) is 11.5 Å². The summed E-state index contributed by atoms with van der Waals surface area (Å²) < 4.78 is 10.6. The first-order valence-corrected chi connectivity index (χ1v) is 11.3. The Morgan fingerprint density at radius 1 is 1.18 bits per heavy atom. The number of carbonyl (C=O) groups excluding carboxylic acids is 2. The van der Waals surface area contributed by atoms with Gasteiger partial charge in [0, 0.05) is 12.1 Å². The van der Waals surface area contributed by atoms with Gasteiger partial charge in [0.2, 0.25) is 0 Å². The van der Waals surface area contributed by atoms with Crippen molar-refractivity contribution in [1.29, 1.82) is 0 Å². The Balaban J connectivity index is 2.16. The fraction of sp³-hybridized carbons (Fsp3) is 0.360. The van der Waals surface area contributed by atoms with Gasteiger partial charge in [-0.05, 0) is 69.9 Å². The van der Waals surface area contributed by atoms with E-state index in [1.807, 2.05) is 25.9 Å². The molecular formula is C25H29ClN2O6. The van der Waals surface area contributed by atoms with E-state index in [0.717, 1.165) is 0 Å². The van der Waals surface area contributed by atoms with E-state index in [1.165, 1.54) is 24.1 Å². The third-order valence-corrected chi connectivity index (χ3v) is 5.90. The molecule has 1 heterocycles. The lowest BCUT2D eigenvalue weighted by Gasteiger charge is -2.26. The van der Waals surface area contributed by atoms with Crippen LogP contribution in [0.4, 0.5) is 0 Å². The molecule has 1 atom stereocenters. The molecule has 0 radical (unpaired) electrons. The van der Waals surface area contributed by atoms with Crippen molar-refractivity contribution < 1.29 is 29.3 Å². The number of nitrogens with zero attached hydrogens (tertiary/aromatic N) is 2. The minimum atomic E-state index is -0.911. The van der Waals surface area contributed by atoms with Crippen LogP contribution in [0.25, 0.3) is 5.76 Å². The standard InChI is InChI=1S/C25H29ClN2O6/c1-5-34-16-8-9-18(26)17(14-16)23(30)21-22(15-7-10-20(33-4)19(29)13-15)28(25(32)24(21)31)12-6-11-27(2)3/h7-10,13-14,22,29-30H,5-6,11-12H2,1-4H3/b23-21+. The lowest BCUT2D eigenvalue weighted by molar-refractivity contribution is -0.139. The molecule has 1 aliphatic rings. The maximum Gasteiger partial charge on any atom is 0.295 e. The normalized spacial score (nSPS) is 17.5. The largest absolute Gasteiger partial charge is 0.507 e. The molecule has 8 nitrogen and oxygen atoms in total. The number of aromatic hydroxyl groups is 1. The predicted molar refractivity (Wildman–Crippen MR) is 129 cm³/mol. The maximum absolute atomic E-state index is 13.2. The van der Waals surface area contributed by atoms with Crippen LogP contribution in [-0.4, -0.2) is 72.6 Å². The molecule has 1 amide bonds. The average Bonchev–Trinajstić information content (AvgIpc) is 3.04. The number of aliphatic hydroxyl groups is 1. The van der Waals surface area contributed by atoms with Crippen LogP contribution >= 0.6 is 11.6 Å². The Bertz CT molecular complexity index is 1110. The van der Waals surface area contributed by atoms with Crippen molar-refractivity contribution in [3.8, 4) is 17.2 Å². The number of halogens is 1. The van der Waals surface area contributed by atoms with Gasteiger partial charge in [-0.15, -0.1) is 0 Å². The molecule has 2 aromatic rings. The minimum Gasteiger partial charge on any atom is -0.507 e. The molecule has 1 saturated heterocycles. The number of phenols is 1. The summed E-state index contributed by atoms with van der Waals surface area (Å²) in [5, 5.41) is 21.8. The molecule has 0 spiro atoms. The smallest absolute Gasteiger partial charge is 0.295 e. The average molecular weight is 489 g/mol. The second-order valence-electron chi connectivity index (χ2n) is 8.16. The van der Waals surface area contributed by atoms with Crippen LogP contribution in [-0.2, 0) is 9.59 Å². The summed E-state index contributed by atoms with van der Waals surface area (Å²) in [5.74, 6) is -1.37. The monoisotopic (exact) mass is 488 g/mol. The Morgan fingerprint density at radius 3 is 2.53 bits per heavy atom. The quantitative estimate of drug-likeness (QED) is 0.314. The van der Waals surface area contributed by atoms with Crippen molar-refractivity contribution in [3.63, 3.8) is 0 Å². The summed E-state index contributed by atoms with van der Waals surface area (Å²) in [5.41, 5.74) is 0.539. The third-order valence-electron chi connectivity index (χ3n) is 5.57. The van der Waals surface area contributed by atoms with Crippen LogP contribution < -0.4 is 9.47 Å². The molecule has 1 aliphatic heterocycles. The molecular weight excluding hydrogens is 460 g/mol. The molecule has 1 unspecified atom stereocenters. The molecule has 0 saturated carbocycles. The van der Waals surface area contributed by atoms with E-state index >= 15 is 0 Å². The SMILES string of the molecule is CCOc1ccc(Cl)c(/C(O)=C2\C(=O)C(=O)N(CCCN(C)C)C2c2ccc(OC)c(O)c2)c1. The highest BCUT2D eigenvalue weighted by atomic mass is 35.5. The number of rotatable bonds is 9. The molecule has 3 rings (SSSR count). The lowest BCUT2D eigenvalue weighted by Crippen LogP contribution is -2.32. The summed E-state index contributed by atoms with van der Waals surface area (Å²) in [7, 11) is 5.26. The zero-order valence-electron chi connectivity index (χ0n) is 19.7. The van der Waals surface area contributed by atoms with Gasteiger partial charge < -0.3 is 29.5 Å². The van der Waals surface area contributed by atoms with Crippen molar-refractivity contribution in [2.75, 3.05) is 40.9 Å². The first kappa shape index (κ1) is 25.4. The van der Waals surface area contributed by atoms with Gasteiger partial charge in [-0.2, -0.15) is 0 Å². The van der Waals surface area contributed by atoms with Crippen LogP contribution in [0.2, 0.25) is 5.02 Å². The number of benzene rings is 2. The molecule has 0 bridgehead atoms. The Morgan fingerprint density at radius 2 is 1.91 bits per heavy atom. The number of methoxy groups -OCH3 is 1. The second-order valence-corrected chi connectivity index (χ2v) is 8.56. The summed E-state index contributed by atoms with van der Waals surface area (Å²) in [6.45, 7) is 3.21. The molecule has 182 valence electrons. The highest BCUT2D eigenvalue weighted by Gasteiger charge is 2.46. The number of ketones is 1. The van der Waals surface area contributed by atoms with Crippen molar-refractivity contribution in [2.24, 2.45) is 0 Å². The van der Waals surface area contributed by atoms with E-state index in [1.54, 1.807) is 24.3 Å². The van der Waals surface area contributed by atoms with Gasteiger partial charge in [-0.3, -0.25) is 9.59 Å². The van der Waals surface area contributed by atoms with E-state index < -0.39 is 23.5 Å². The summed E-state index contributed by atoms with van der Waals surface area (Å²) >= 11 is 6.35. The van der Waals surface area contributed by atoms with Crippen LogP contribution in [0, 0.1) is 0 Å². The van der Waals surface area contributed by atoms with Gasteiger partial charge >= 0.3 is 0 Å². The van der Waals surface area contributed by atoms with Gasteiger partial charge in [-0.1, -0.05) is 17.7 Å². The van der Waals surface area contributed by atoms with Gasteiger partial charge in [-0.25, -0.2) is 0 Å². The summed E-state index contributed by atoms with van der Waals surface area (Å²) in [4.78, 5) is 29.6. The van der Waals surface area contributed by atoms with E-state index in [2.05, 4.69) is 0 Å². The van der Waals surface area contributed by atoms with Crippen molar-refractivity contribution in [2.45, 2.75) is 19.4 Å². The summed E-state index contributed by atoms with van der Waals surface area (Å²) in [6, 6.07) is 8.46. The maximum atomic E-state index is 13.2. The first-order chi connectivity index (χ1) is 16.2. The number of hydrogen-bond acceptors (Lipinski definition) is 7. The zero-order chi connectivity index (χ0) is 25.0. The molecule has 0 aromatic heterocycles. The highest BCUT2D eigenvalue weighted by Crippen LogP contribution is 2.43. The third kappa shape index (κ3) is 5.13. The van der Waals surface area contributed by atoms with Gasteiger partial charge in [0.25, 0.3) is 11.7 Å². The number of Topliss-reactive ketones (excluding diaryl/α,β-unsaturated/α-hetero) is 1. The lowest BCUT2D eigenvalue weighted by atomic mass is 9.94. The number of amides is 1. The molecule has 0 aliphatic carbocycles. The minimum absolute atomic E-state index is 0.102. The highest BCUT2D eigenvalue weighted by molar-refractivity contribution is 6.47. The Kier molecular flexibility index (Phi) is 8.06. The zero-order valence-corrected chi connectivity index (χ0v) is 20.4. The van der Waals surface area contributed by atoms with Gasteiger partial charge in [0.15, 0.2) is 11.5 Å². The molecule has 9 heteroatoms. The van der Waals surface area contributed by atoms with Crippen LogP contribution in [0.3, 0.4) is 0 Å².